The molecule has 200 valence electrons. The standard InChI is InChI=1S/C29H26ClN3O6/c1-37-27(38-2)17-32(25(34)15-18-7-11-20(30)12-8-18)23-16-26(35)33(29(23)36)21-13-9-19(10-14-21)28-31-22-5-3-4-6-24(22)39-28/h3-14,23,27H,15-17H2,1-2H3. The maximum absolute atomic E-state index is 13.6. The maximum Gasteiger partial charge on any atom is 0.257 e. The largest absolute Gasteiger partial charge is 0.436 e. The van der Waals surface area contributed by atoms with Gasteiger partial charge >= 0.3 is 0 Å². The van der Waals surface area contributed by atoms with Gasteiger partial charge in [0.2, 0.25) is 17.7 Å². The number of imide groups is 1. The van der Waals surface area contributed by atoms with Crippen molar-refractivity contribution < 1.29 is 28.3 Å². The number of aromatic nitrogens is 1. The summed E-state index contributed by atoms with van der Waals surface area (Å²) in [6.07, 6.45) is -0.904. The molecule has 0 N–H and O–H groups in total. The zero-order valence-electron chi connectivity index (χ0n) is 21.4. The van der Waals surface area contributed by atoms with E-state index in [1.807, 2.05) is 24.3 Å². The second kappa shape index (κ2) is 11.4. The highest BCUT2D eigenvalue weighted by Gasteiger charge is 2.45. The van der Waals surface area contributed by atoms with E-state index in [0.29, 0.717) is 27.7 Å². The number of halogens is 1. The van der Waals surface area contributed by atoms with E-state index in [0.717, 1.165) is 16.0 Å². The number of ether oxygens (including phenoxy) is 2. The molecule has 1 aliphatic rings. The molecule has 0 bridgehead atoms. The molecule has 0 spiro atoms. The number of methoxy groups -OCH3 is 2. The van der Waals surface area contributed by atoms with Gasteiger partial charge in [0.05, 0.1) is 25.1 Å². The fourth-order valence-electron chi connectivity index (χ4n) is 4.57. The molecule has 4 aromatic rings. The minimum absolute atomic E-state index is 0.0202. The minimum Gasteiger partial charge on any atom is -0.436 e. The Morgan fingerprint density at radius 2 is 1.74 bits per heavy atom. The Balaban J connectivity index is 1.38. The molecule has 1 aliphatic heterocycles. The van der Waals surface area contributed by atoms with Crippen LogP contribution < -0.4 is 4.90 Å². The molecule has 3 aromatic carbocycles. The molecule has 3 amide bonds. The van der Waals surface area contributed by atoms with E-state index in [-0.39, 0.29) is 25.3 Å². The van der Waals surface area contributed by atoms with Crippen LogP contribution in [0.3, 0.4) is 0 Å². The Bertz CT molecular complexity index is 1460. The molecule has 1 unspecified atom stereocenters. The number of fused-ring (bicyclic) bond motifs is 1. The summed E-state index contributed by atoms with van der Waals surface area (Å²) in [5.74, 6) is -0.806. The quantitative estimate of drug-likeness (QED) is 0.225. The number of hydrogen-bond acceptors (Lipinski definition) is 7. The number of hydrogen-bond donors (Lipinski definition) is 0. The van der Waals surface area contributed by atoms with Crippen molar-refractivity contribution in [3.05, 3.63) is 83.4 Å². The number of carbonyl (C=O) groups excluding carboxylic acids is 3. The summed E-state index contributed by atoms with van der Waals surface area (Å²) in [5.41, 5.74) is 3.22. The van der Waals surface area contributed by atoms with Crippen LogP contribution in [0.5, 0.6) is 0 Å². The third-order valence-corrected chi connectivity index (χ3v) is 6.88. The van der Waals surface area contributed by atoms with Crippen molar-refractivity contribution in [1.29, 1.82) is 0 Å². The van der Waals surface area contributed by atoms with Crippen molar-refractivity contribution >= 4 is 46.1 Å². The number of carbonyl (C=O) groups is 3. The highest BCUT2D eigenvalue weighted by molar-refractivity contribution is 6.30. The summed E-state index contributed by atoms with van der Waals surface area (Å²) >= 11 is 5.97. The van der Waals surface area contributed by atoms with E-state index in [4.69, 9.17) is 25.5 Å². The lowest BCUT2D eigenvalue weighted by Crippen LogP contribution is -2.49. The lowest BCUT2D eigenvalue weighted by atomic mass is 10.1. The van der Waals surface area contributed by atoms with Crippen LogP contribution >= 0.6 is 11.6 Å². The highest BCUT2D eigenvalue weighted by Crippen LogP contribution is 2.30. The predicted octanol–water partition coefficient (Wildman–Crippen LogP) is 4.47. The van der Waals surface area contributed by atoms with Gasteiger partial charge in [-0.05, 0) is 54.1 Å². The molecule has 0 radical (unpaired) electrons. The Labute approximate surface area is 229 Å². The summed E-state index contributed by atoms with van der Waals surface area (Å²) in [7, 11) is 2.89. The molecule has 0 saturated carbocycles. The first-order valence-electron chi connectivity index (χ1n) is 12.3. The lowest BCUT2D eigenvalue weighted by Gasteiger charge is -2.30. The first-order chi connectivity index (χ1) is 18.9. The molecular weight excluding hydrogens is 522 g/mol. The fraction of sp³-hybridized carbons (Fsp3) is 0.241. The highest BCUT2D eigenvalue weighted by atomic mass is 35.5. The van der Waals surface area contributed by atoms with Crippen LogP contribution in [0.2, 0.25) is 5.02 Å². The average molecular weight is 548 g/mol. The first kappa shape index (κ1) is 26.6. The van der Waals surface area contributed by atoms with Gasteiger partial charge in [0.25, 0.3) is 5.91 Å². The number of rotatable bonds is 9. The smallest absolute Gasteiger partial charge is 0.257 e. The summed E-state index contributed by atoms with van der Waals surface area (Å²) in [5, 5.41) is 0.552. The molecule has 1 saturated heterocycles. The molecule has 5 rings (SSSR count). The SMILES string of the molecule is COC(CN(C(=O)Cc1ccc(Cl)cc1)C1CC(=O)N(c2ccc(-c3nc4ccccc4o3)cc2)C1=O)OC. The van der Waals surface area contributed by atoms with Crippen molar-refractivity contribution in [2.24, 2.45) is 0 Å². The third-order valence-electron chi connectivity index (χ3n) is 6.63. The van der Waals surface area contributed by atoms with Crippen LogP contribution in [0.15, 0.2) is 77.2 Å². The normalized spacial score (nSPS) is 15.5. The molecule has 1 aromatic heterocycles. The Kier molecular flexibility index (Phi) is 7.74. The zero-order valence-corrected chi connectivity index (χ0v) is 22.1. The average Bonchev–Trinajstić information content (AvgIpc) is 3.51. The van der Waals surface area contributed by atoms with Gasteiger partial charge in [-0.3, -0.25) is 14.4 Å². The van der Waals surface area contributed by atoms with E-state index in [1.165, 1.54) is 19.1 Å². The van der Waals surface area contributed by atoms with Gasteiger partial charge in [-0.15, -0.1) is 0 Å². The van der Waals surface area contributed by atoms with Crippen molar-refractivity contribution in [1.82, 2.24) is 9.88 Å². The van der Waals surface area contributed by atoms with E-state index in [9.17, 15) is 14.4 Å². The summed E-state index contributed by atoms with van der Waals surface area (Å²) < 4.78 is 16.4. The van der Waals surface area contributed by atoms with Crippen molar-refractivity contribution in [2.75, 3.05) is 25.7 Å². The topological polar surface area (TPSA) is 102 Å². The Morgan fingerprint density at radius 3 is 2.41 bits per heavy atom. The number of anilines is 1. The third kappa shape index (κ3) is 5.56. The maximum atomic E-state index is 13.6. The van der Waals surface area contributed by atoms with Crippen molar-refractivity contribution in [2.45, 2.75) is 25.2 Å². The number of para-hydroxylation sites is 2. The zero-order chi connectivity index (χ0) is 27.5. The number of oxazole rings is 1. The van der Waals surface area contributed by atoms with Gasteiger partial charge in [0.15, 0.2) is 11.9 Å². The molecule has 1 fully saturated rings. The molecule has 39 heavy (non-hydrogen) atoms. The number of amides is 3. The van der Waals surface area contributed by atoms with Crippen LogP contribution in [-0.4, -0.2) is 60.7 Å². The molecule has 0 aliphatic carbocycles. The van der Waals surface area contributed by atoms with Gasteiger partial charge in [-0.1, -0.05) is 35.9 Å². The Hall–Kier alpha value is -4.05. The van der Waals surface area contributed by atoms with Gasteiger partial charge < -0.3 is 18.8 Å². The lowest BCUT2D eigenvalue weighted by molar-refractivity contribution is -0.152. The van der Waals surface area contributed by atoms with Gasteiger partial charge in [-0.2, -0.15) is 0 Å². The summed E-state index contributed by atoms with van der Waals surface area (Å²) in [6.45, 7) is -0.0202. The molecular formula is C29H26ClN3O6. The van der Waals surface area contributed by atoms with Crippen molar-refractivity contribution in [3.8, 4) is 11.5 Å². The molecule has 1 atom stereocenters. The van der Waals surface area contributed by atoms with Gasteiger partial charge in [0.1, 0.15) is 11.6 Å². The van der Waals surface area contributed by atoms with Crippen LogP contribution in [0.25, 0.3) is 22.6 Å². The van der Waals surface area contributed by atoms with Crippen LogP contribution in [0.1, 0.15) is 12.0 Å². The van der Waals surface area contributed by atoms with E-state index in [2.05, 4.69) is 4.98 Å². The van der Waals surface area contributed by atoms with Crippen molar-refractivity contribution in [3.63, 3.8) is 0 Å². The summed E-state index contributed by atoms with van der Waals surface area (Å²) in [4.78, 5) is 47.0. The molecule has 10 heteroatoms. The van der Waals surface area contributed by atoms with E-state index >= 15 is 0 Å². The Morgan fingerprint density at radius 1 is 1.05 bits per heavy atom. The van der Waals surface area contributed by atoms with Crippen LogP contribution in [0.4, 0.5) is 5.69 Å². The second-order valence-corrected chi connectivity index (χ2v) is 9.51. The number of benzene rings is 3. The van der Waals surface area contributed by atoms with E-state index < -0.39 is 24.1 Å². The van der Waals surface area contributed by atoms with Gasteiger partial charge in [0, 0.05) is 24.8 Å². The minimum atomic E-state index is -0.998. The predicted molar refractivity (Wildman–Crippen MR) is 145 cm³/mol. The first-order valence-corrected chi connectivity index (χ1v) is 12.7. The monoisotopic (exact) mass is 547 g/mol. The molecule has 9 nitrogen and oxygen atoms in total. The van der Waals surface area contributed by atoms with Crippen LogP contribution in [0, 0.1) is 0 Å². The number of nitrogens with zero attached hydrogens (tertiary/aromatic N) is 3. The fourth-order valence-corrected chi connectivity index (χ4v) is 4.69. The molecule has 2 heterocycles. The second-order valence-electron chi connectivity index (χ2n) is 9.07. The van der Waals surface area contributed by atoms with Crippen LogP contribution in [-0.2, 0) is 30.3 Å². The van der Waals surface area contributed by atoms with E-state index in [1.54, 1.807) is 48.5 Å². The summed E-state index contributed by atoms with van der Waals surface area (Å²) in [6, 6.07) is 20.1. The van der Waals surface area contributed by atoms with Gasteiger partial charge in [-0.25, -0.2) is 9.88 Å².